The molecular weight excluding hydrogens is 309 g/mol. The summed E-state index contributed by atoms with van der Waals surface area (Å²) >= 11 is 0. The topological polar surface area (TPSA) is 95.7 Å². The molecule has 1 saturated heterocycles. The van der Waals surface area contributed by atoms with E-state index >= 15 is 0 Å². The van der Waals surface area contributed by atoms with Crippen molar-refractivity contribution < 1.29 is 28.4 Å². The fraction of sp³-hybridized carbons (Fsp3) is 0.333. The minimum atomic E-state index is -1.22. The molecule has 120 valence electrons. The van der Waals surface area contributed by atoms with Crippen LogP contribution in [0.3, 0.4) is 0 Å². The van der Waals surface area contributed by atoms with Crippen LogP contribution in [0.2, 0.25) is 0 Å². The Hall–Kier alpha value is -2.77. The van der Waals surface area contributed by atoms with E-state index in [9.17, 15) is 24.1 Å². The van der Waals surface area contributed by atoms with Gasteiger partial charge in [0.1, 0.15) is 11.4 Å². The van der Waals surface area contributed by atoms with Crippen molar-refractivity contribution in [2.75, 3.05) is 0 Å². The summed E-state index contributed by atoms with van der Waals surface area (Å²) in [5, 5.41) is 10.7. The number of carbonyl (C=O) groups is 2. The molecule has 1 aromatic rings. The van der Waals surface area contributed by atoms with Crippen LogP contribution >= 0.6 is 0 Å². The number of hydrogen-bond donors (Lipinski definition) is 0. The van der Waals surface area contributed by atoms with Crippen molar-refractivity contribution in [2.45, 2.75) is 31.5 Å². The van der Waals surface area contributed by atoms with Crippen molar-refractivity contribution in [1.82, 2.24) is 0 Å². The summed E-state index contributed by atoms with van der Waals surface area (Å²) in [5.74, 6) is -3.83. The third-order valence-corrected chi connectivity index (χ3v) is 3.85. The summed E-state index contributed by atoms with van der Waals surface area (Å²) in [4.78, 5) is 34.1. The molecule has 0 amide bonds. The number of esters is 2. The molecule has 8 heteroatoms. The highest BCUT2D eigenvalue weighted by Gasteiger charge is 2.47. The first kappa shape index (κ1) is 15.1. The minimum absolute atomic E-state index is 0.259. The zero-order chi connectivity index (χ0) is 16.6. The number of halogens is 1. The zero-order valence-electron chi connectivity index (χ0n) is 11.9. The van der Waals surface area contributed by atoms with Gasteiger partial charge in [0, 0.05) is 30.5 Å². The number of carbonyl (C=O) groups excluding carboxylic acids is 2. The number of ether oxygens (including phenoxy) is 2. The van der Waals surface area contributed by atoms with Crippen LogP contribution in [-0.4, -0.2) is 22.6 Å². The van der Waals surface area contributed by atoms with Crippen LogP contribution in [0, 0.1) is 15.9 Å². The van der Waals surface area contributed by atoms with Crippen LogP contribution in [0.5, 0.6) is 0 Å². The summed E-state index contributed by atoms with van der Waals surface area (Å²) in [5.41, 5.74) is -1.10. The number of nitro benzene ring substituents is 1. The van der Waals surface area contributed by atoms with E-state index in [0.717, 1.165) is 37.1 Å². The molecule has 1 spiro atoms. The lowest BCUT2D eigenvalue weighted by Gasteiger charge is -2.32. The van der Waals surface area contributed by atoms with Gasteiger partial charge in [-0.25, -0.2) is 14.0 Å². The summed E-state index contributed by atoms with van der Waals surface area (Å²) in [6, 6.07) is 2.81. The van der Waals surface area contributed by atoms with Gasteiger partial charge in [0.25, 0.3) is 11.5 Å². The minimum Gasteiger partial charge on any atom is -0.419 e. The standard InChI is InChI=1S/C15H12FNO6/c16-12-4-3-10(17(20)21)7-9(12)8-11-13(18)22-15(23-14(11)19)5-1-2-6-15/h3-4,7-8H,1-2,5-6H2. The molecule has 3 rings (SSSR count). The van der Waals surface area contributed by atoms with Crippen LogP contribution < -0.4 is 0 Å². The average Bonchev–Trinajstić information content (AvgIpc) is 2.92. The van der Waals surface area contributed by atoms with Crippen molar-refractivity contribution in [3.05, 3.63) is 45.3 Å². The van der Waals surface area contributed by atoms with Gasteiger partial charge < -0.3 is 9.47 Å². The molecule has 1 heterocycles. The fourth-order valence-corrected chi connectivity index (χ4v) is 2.70. The van der Waals surface area contributed by atoms with E-state index in [0.29, 0.717) is 12.8 Å². The van der Waals surface area contributed by atoms with Gasteiger partial charge in [0.15, 0.2) is 0 Å². The van der Waals surface area contributed by atoms with Gasteiger partial charge in [0.05, 0.1) is 4.92 Å². The molecule has 0 atom stereocenters. The monoisotopic (exact) mass is 321 g/mol. The molecule has 1 aliphatic carbocycles. The van der Waals surface area contributed by atoms with Crippen molar-refractivity contribution in [3.63, 3.8) is 0 Å². The number of non-ortho nitro benzene ring substituents is 1. The van der Waals surface area contributed by atoms with E-state index in [2.05, 4.69) is 0 Å². The molecule has 0 radical (unpaired) electrons. The second kappa shape index (κ2) is 5.45. The maximum atomic E-state index is 13.8. The Balaban J connectivity index is 1.94. The largest absolute Gasteiger partial charge is 0.419 e. The molecule has 0 bridgehead atoms. The first-order valence-corrected chi connectivity index (χ1v) is 7.02. The normalized spacial score (nSPS) is 19.4. The summed E-state index contributed by atoms with van der Waals surface area (Å²) in [6.07, 6.45) is 3.33. The summed E-state index contributed by atoms with van der Waals surface area (Å²) in [6.45, 7) is 0. The van der Waals surface area contributed by atoms with Gasteiger partial charge in [0.2, 0.25) is 0 Å². The maximum absolute atomic E-state index is 13.8. The third kappa shape index (κ3) is 2.79. The Bertz CT molecular complexity index is 713. The van der Waals surface area contributed by atoms with Gasteiger partial charge in [-0.2, -0.15) is 0 Å². The highest BCUT2D eigenvalue weighted by Crippen LogP contribution is 2.38. The third-order valence-electron chi connectivity index (χ3n) is 3.85. The second-order valence-corrected chi connectivity index (χ2v) is 5.42. The SMILES string of the molecule is O=C1OC2(CCCC2)OC(=O)C1=Cc1cc([N+](=O)[O-])ccc1F. The van der Waals surface area contributed by atoms with Gasteiger partial charge in [-0.1, -0.05) is 0 Å². The molecule has 2 fully saturated rings. The highest BCUT2D eigenvalue weighted by molar-refractivity contribution is 6.19. The van der Waals surface area contributed by atoms with Gasteiger partial charge >= 0.3 is 11.9 Å². The smallest absolute Gasteiger partial charge is 0.348 e. The van der Waals surface area contributed by atoms with E-state index in [1.54, 1.807) is 0 Å². The van der Waals surface area contributed by atoms with Crippen molar-refractivity contribution in [2.24, 2.45) is 0 Å². The Labute approximate surface area is 129 Å². The molecule has 1 aromatic carbocycles. The van der Waals surface area contributed by atoms with E-state index in [1.807, 2.05) is 0 Å². The Kier molecular flexibility index (Phi) is 3.59. The number of nitrogens with zero attached hydrogens (tertiary/aromatic N) is 1. The Morgan fingerprint density at radius 2 is 1.78 bits per heavy atom. The van der Waals surface area contributed by atoms with Crippen molar-refractivity contribution in [1.29, 1.82) is 0 Å². The number of rotatable bonds is 2. The molecule has 1 aliphatic heterocycles. The predicted octanol–water partition coefficient (Wildman–Crippen LogP) is 2.49. The lowest BCUT2D eigenvalue weighted by Crippen LogP contribution is -2.44. The van der Waals surface area contributed by atoms with Gasteiger partial charge in [-0.3, -0.25) is 10.1 Å². The molecule has 1 saturated carbocycles. The maximum Gasteiger partial charge on any atom is 0.348 e. The Morgan fingerprint density at radius 3 is 2.35 bits per heavy atom. The average molecular weight is 321 g/mol. The van der Waals surface area contributed by atoms with Crippen LogP contribution in [-0.2, 0) is 19.1 Å². The molecule has 0 N–H and O–H groups in total. The first-order chi connectivity index (χ1) is 10.9. The zero-order valence-corrected chi connectivity index (χ0v) is 11.9. The van der Waals surface area contributed by atoms with Crippen molar-refractivity contribution in [3.8, 4) is 0 Å². The molecule has 0 aromatic heterocycles. The van der Waals surface area contributed by atoms with Crippen LogP contribution in [0.25, 0.3) is 6.08 Å². The molecule has 2 aliphatic rings. The Morgan fingerprint density at radius 1 is 1.17 bits per heavy atom. The van der Waals surface area contributed by atoms with E-state index in [4.69, 9.17) is 9.47 Å². The second-order valence-electron chi connectivity index (χ2n) is 5.42. The summed E-state index contributed by atoms with van der Waals surface area (Å²) in [7, 11) is 0. The molecular formula is C15H12FNO6. The summed E-state index contributed by atoms with van der Waals surface area (Å²) < 4.78 is 24.2. The first-order valence-electron chi connectivity index (χ1n) is 7.02. The van der Waals surface area contributed by atoms with Crippen LogP contribution in [0.4, 0.5) is 10.1 Å². The van der Waals surface area contributed by atoms with Gasteiger partial charge in [-0.15, -0.1) is 0 Å². The molecule has 7 nitrogen and oxygen atoms in total. The predicted molar refractivity (Wildman–Crippen MR) is 74.4 cm³/mol. The number of benzene rings is 1. The lowest BCUT2D eigenvalue weighted by atomic mass is 10.1. The van der Waals surface area contributed by atoms with Crippen LogP contribution in [0.1, 0.15) is 31.2 Å². The highest BCUT2D eigenvalue weighted by atomic mass is 19.1. The van der Waals surface area contributed by atoms with Crippen molar-refractivity contribution >= 4 is 23.7 Å². The van der Waals surface area contributed by atoms with Crippen LogP contribution in [0.15, 0.2) is 23.8 Å². The number of nitro groups is 1. The number of hydrogen-bond acceptors (Lipinski definition) is 6. The lowest BCUT2D eigenvalue weighted by molar-refractivity contribution is -0.384. The molecule has 23 heavy (non-hydrogen) atoms. The van der Waals surface area contributed by atoms with E-state index in [-0.39, 0.29) is 11.3 Å². The van der Waals surface area contributed by atoms with E-state index < -0.39 is 34.0 Å². The molecule has 0 unspecified atom stereocenters. The van der Waals surface area contributed by atoms with Gasteiger partial charge in [-0.05, 0) is 25.0 Å². The quantitative estimate of drug-likeness (QED) is 0.273. The van der Waals surface area contributed by atoms with E-state index in [1.165, 1.54) is 0 Å². The fourth-order valence-electron chi connectivity index (χ4n) is 2.70.